The van der Waals surface area contributed by atoms with Crippen molar-refractivity contribution in [2.24, 2.45) is 0 Å². The lowest BCUT2D eigenvalue weighted by Gasteiger charge is -2.14. The van der Waals surface area contributed by atoms with Crippen molar-refractivity contribution in [3.05, 3.63) is 35.5 Å². The molecule has 2 aromatic rings. The second kappa shape index (κ2) is 8.21. The van der Waals surface area contributed by atoms with Crippen LogP contribution in [0.2, 0.25) is 0 Å². The summed E-state index contributed by atoms with van der Waals surface area (Å²) in [4.78, 5) is 24.6. The largest absolute Gasteiger partial charge is 0.497 e. The maximum atomic E-state index is 12.4. The highest BCUT2D eigenvalue weighted by molar-refractivity contribution is 7.90. The average Bonchev–Trinajstić information content (AvgIpc) is 3.14. The molecule has 0 saturated carbocycles. The van der Waals surface area contributed by atoms with Crippen LogP contribution in [0, 0.1) is 0 Å². The smallest absolute Gasteiger partial charge is 0.314 e. The summed E-state index contributed by atoms with van der Waals surface area (Å²) in [6.07, 6.45) is 0. The van der Waals surface area contributed by atoms with Crippen LogP contribution in [-0.2, 0) is 35.7 Å². The van der Waals surface area contributed by atoms with Crippen LogP contribution in [0.3, 0.4) is 0 Å². The summed E-state index contributed by atoms with van der Waals surface area (Å²) in [7, 11) is -0.316. The minimum Gasteiger partial charge on any atom is -0.497 e. The molecule has 1 atom stereocenters. The van der Waals surface area contributed by atoms with Crippen LogP contribution in [0.1, 0.15) is 18.2 Å². The first-order chi connectivity index (χ1) is 13.7. The lowest BCUT2D eigenvalue weighted by atomic mass is 10.2. The Kier molecular flexibility index (Phi) is 5.89. The summed E-state index contributed by atoms with van der Waals surface area (Å²) in [6, 6.07) is 6.49. The minimum absolute atomic E-state index is 0.158. The number of hydrogen-bond acceptors (Lipinski definition) is 7. The van der Waals surface area contributed by atoms with Gasteiger partial charge in [0.15, 0.2) is 9.84 Å². The van der Waals surface area contributed by atoms with E-state index in [0.717, 1.165) is 0 Å². The predicted octanol–water partition coefficient (Wildman–Crippen LogP) is 0.399. The molecule has 0 spiro atoms. The molecule has 10 nitrogen and oxygen atoms in total. The van der Waals surface area contributed by atoms with E-state index in [0.29, 0.717) is 22.7 Å². The third kappa shape index (κ3) is 4.57. The predicted molar refractivity (Wildman–Crippen MR) is 105 cm³/mol. The highest BCUT2D eigenvalue weighted by atomic mass is 32.2. The van der Waals surface area contributed by atoms with Crippen molar-refractivity contribution in [1.29, 1.82) is 0 Å². The number of ether oxygens (including phenoxy) is 2. The highest BCUT2D eigenvalue weighted by Gasteiger charge is 2.34. The van der Waals surface area contributed by atoms with Crippen LogP contribution < -0.4 is 15.4 Å². The zero-order valence-electron chi connectivity index (χ0n) is 16.3. The molecule has 1 aromatic heterocycles. The zero-order valence-corrected chi connectivity index (χ0v) is 17.1. The van der Waals surface area contributed by atoms with Crippen molar-refractivity contribution in [2.45, 2.75) is 24.5 Å². The molecule has 1 aliphatic rings. The second-order valence-electron chi connectivity index (χ2n) is 6.70. The van der Waals surface area contributed by atoms with E-state index in [1.807, 2.05) is 0 Å². The zero-order chi connectivity index (χ0) is 21.2. The Balaban J connectivity index is 1.91. The number of methoxy groups -OCH3 is 2. The quantitative estimate of drug-likeness (QED) is 0.645. The van der Waals surface area contributed by atoms with Gasteiger partial charge >= 0.3 is 11.8 Å². The number of carbonyl (C=O) groups excluding carboxylic acids is 2. The molecule has 0 fully saturated rings. The van der Waals surface area contributed by atoms with Crippen LogP contribution in [0.25, 0.3) is 5.69 Å². The molecule has 2 amide bonds. The maximum Gasteiger partial charge on any atom is 0.314 e. The molecule has 156 valence electrons. The molecule has 0 bridgehead atoms. The number of sulfone groups is 1. The van der Waals surface area contributed by atoms with Gasteiger partial charge in [0.1, 0.15) is 11.6 Å². The molecule has 11 heteroatoms. The fourth-order valence-corrected chi connectivity index (χ4v) is 4.52. The minimum atomic E-state index is -3.34. The van der Waals surface area contributed by atoms with E-state index in [2.05, 4.69) is 15.7 Å². The SMILES string of the molecule is COC[C@H](C)NC(=O)C(=O)Nc1c2c(nn1-c1ccc(OC)cc1)CS(=O)(=O)C2. The second-order valence-corrected chi connectivity index (χ2v) is 8.76. The Morgan fingerprint density at radius 2 is 1.86 bits per heavy atom. The fraction of sp³-hybridized carbons (Fsp3) is 0.389. The highest BCUT2D eigenvalue weighted by Crippen LogP contribution is 2.33. The van der Waals surface area contributed by atoms with E-state index >= 15 is 0 Å². The van der Waals surface area contributed by atoms with Crippen molar-refractivity contribution in [2.75, 3.05) is 26.1 Å². The third-order valence-corrected chi connectivity index (χ3v) is 5.78. The van der Waals surface area contributed by atoms with Crippen molar-refractivity contribution in [3.63, 3.8) is 0 Å². The molecule has 0 radical (unpaired) electrons. The standard InChI is InChI=1S/C18H22N4O6S/c1-11(8-27-2)19-17(23)18(24)20-16-14-9-29(25,26)10-15(14)21-22(16)12-4-6-13(28-3)7-5-12/h4-7,11H,8-10H2,1-3H3,(H,19,23)(H,20,24)/t11-/m0/s1. The molecule has 1 aromatic carbocycles. The summed E-state index contributed by atoms with van der Waals surface area (Å²) in [5.74, 6) is -1.46. The molecule has 2 N–H and O–H groups in total. The first-order valence-corrected chi connectivity index (χ1v) is 10.6. The van der Waals surface area contributed by atoms with Gasteiger partial charge in [0, 0.05) is 18.7 Å². The van der Waals surface area contributed by atoms with Gasteiger partial charge in [-0.15, -0.1) is 0 Å². The fourth-order valence-electron chi connectivity index (χ4n) is 3.03. The summed E-state index contributed by atoms with van der Waals surface area (Å²) < 4.78 is 35.5. The van der Waals surface area contributed by atoms with E-state index in [1.54, 1.807) is 31.2 Å². The van der Waals surface area contributed by atoms with Gasteiger partial charge in [-0.05, 0) is 31.2 Å². The summed E-state index contributed by atoms with van der Waals surface area (Å²) in [6.45, 7) is 1.94. The van der Waals surface area contributed by atoms with Gasteiger partial charge in [0.25, 0.3) is 0 Å². The molecule has 0 aliphatic carbocycles. The monoisotopic (exact) mass is 422 g/mol. The lowest BCUT2D eigenvalue weighted by Crippen LogP contribution is -2.42. The van der Waals surface area contributed by atoms with E-state index < -0.39 is 21.7 Å². The molecular weight excluding hydrogens is 400 g/mol. The molecule has 2 heterocycles. The van der Waals surface area contributed by atoms with Crippen LogP contribution in [0.15, 0.2) is 24.3 Å². The molecule has 29 heavy (non-hydrogen) atoms. The number of rotatable bonds is 6. The number of nitrogens with one attached hydrogen (secondary N) is 2. The number of benzene rings is 1. The van der Waals surface area contributed by atoms with Crippen LogP contribution in [0.4, 0.5) is 5.82 Å². The summed E-state index contributed by atoms with van der Waals surface area (Å²) >= 11 is 0. The van der Waals surface area contributed by atoms with Gasteiger partial charge in [-0.1, -0.05) is 0 Å². The normalized spacial score (nSPS) is 15.4. The van der Waals surface area contributed by atoms with Crippen LogP contribution in [0.5, 0.6) is 5.75 Å². The van der Waals surface area contributed by atoms with Gasteiger partial charge in [-0.25, -0.2) is 13.1 Å². The molecule has 3 rings (SSSR count). The van der Waals surface area contributed by atoms with E-state index in [1.165, 1.54) is 18.9 Å². The van der Waals surface area contributed by atoms with Gasteiger partial charge < -0.3 is 20.1 Å². The maximum absolute atomic E-state index is 12.4. The number of nitrogens with zero attached hydrogens (tertiary/aromatic N) is 2. The first-order valence-electron chi connectivity index (χ1n) is 8.80. The Morgan fingerprint density at radius 3 is 2.48 bits per heavy atom. The first kappa shape index (κ1) is 20.8. The lowest BCUT2D eigenvalue weighted by molar-refractivity contribution is -0.136. The van der Waals surface area contributed by atoms with Crippen LogP contribution >= 0.6 is 0 Å². The Hall–Kier alpha value is -2.92. The number of hydrogen-bond donors (Lipinski definition) is 2. The van der Waals surface area contributed by atoms with Crippen molar-refractivity contribution >= 4 is 27.5 Å². The summed E-state index contributed by atoms with van der Waals surface area (Å²) in [5, 5.41) is 9.37. The number of amides is 2. The van der Waals surface area contributed by atoms with E-state index in [4.69, 9.17) is 9.47 Å². The van der Waals surface area contributed by atoms with Crippen molar-refractivity contribution in [3.8, 4) is 11.4 Å². The van der Waals surface area contributed by atoms with Crippen molar-refractivity contribution < 1.29 is 27.5 Å². The summed E-state index contributed by atoms with van der Waals surface area (Å²) in [5.41, 5.74) is 1.32. The Labute approximate surface area is 168 Å². The van der Waals surface area contributed by atoms with Gasteiger partial charge in [-0.3, -0.25) is 9.59 Å². The van der Waals surface area contributed by atoms with E-state index in [-0.39, 0.29) is 30.0 Å². The number of aromatic nitrogens is 2. The topological polar surface area (TPSA) is 129 Å². The third-order valence-electron chi connectivity index (χ3n) is 4.34. The molecule has 0 unspecified atom stereocenters. The molecule has 0 saturated heterocycles. The number of fused-ring (bicyclic) bond motifs is 1. The number of carbonyl (C=O) groups is 2. The van der Waals surface area contributed by atoms with E-state index in [9.17, 15) is 18.0 Å². The Morgan fingerprint density at radius 1 is 1.17 bits per heavy atom. The van der Waals surface area contributed by atoms with Crippen molar-refractivity contribution in [1.82, 2.24) is 15.1 Å². The van der Waals surface area contributed by atoms with Gasteiger partial charge in [-0.2, -0.15) is 5.10 Å². The van der Waals surface area contributed by atoms with Crippen LogP contribution in [-0.4, -0.2) is 56.9 Å². The number of anilines is 1. The average molecular weight is 422 g/mol. The molecular formula is C18H22N4O6S. The molecule has 1 aliphatic heterocycles. The Bertz CT molecular complexity index is 1030. The van der Waals surface area contributed by atoms with Gasteiger partial charge in [0.05, 0.1) is 36.6 Å². The van der Waals surface area contributed by atoms with Gasteiger partial charge in [0.2, 0.25) is 0 Å².